The lowest BCUT2D eigenvalue weighted by molar-refractivity contribution is 0.754. The zero-order chi connectivity index (χ0) is 22.4. The Morgan fingerprint density at radius 3 is 1.94 bits per heavy atom. The molecule has 5 aromatic rings. The molecule has 3 aromatic carbocycles. The van der Waals surface area contributed by atoms with Crippen LogP contribution in [0, 0.1) is 11.3 Å². The number of nitriles is 1. The average molecular weight is 422 g/mol. The Kier molecular flexibility index (Phi) is 4.31. The predicted molar refractivity (Wildman–Crippen MR) is 120 cm³/mol. The molecule has 2 aromatic heterocycles. The lowest BCUT2D eigenvalue weighted by Crippen LogP contribution is -2.27. The summed E-state index contributed by atoms with van der Waals surface area (Å²) in [5.74, 6) is 0. The van der Waals surface area contributed by atoms with Crippen LogP contribution in [-0.4, -0.2) is 14.5 Å². The third-order valence-corrected chi connectivity index (χ3v) is 5.48. The molecule has 0 atom stereocenters. The maximum absolute atomic E-state index is 13.0. The van der Waals surface area contributed by atoms with Crippen molar-refractivity contribution in [3.8, 4) is 17.2 Å². The minimum atomic E-state index is -0.782. The Labute approximate surface area is 179 Å². The van der Waals surface area contributed by atoms with E-state index in [1.54, 1.807) is 24.3 Å². The summed E-state index contributed by atoms with van der Waals surface area (Å²) >= 11 is 0. The second-order valence-corrected chi connectivity index (χ2v) is 7.37. The standard InChI is InChI=1S/C24H14N4O4/c25-11-13-4-6-15(7-5-13)16-3-1-2-14(10-16)12-28-23(31)17-18(24(28)32)22(30)20-19(21(17)29)26-8-9-27-20/h1-10,26-27H,12H2. The van der Waals surface area contributed by atoms with Gasteiger partial charge in [-0.2, -0.15) is 5.26 Å². The molecule has 0 saturated heterocycles. The molecule has 0 bridgehead atoms. The summed E-state index contributed by atoms with van der Waals surface area (Å²) in [4.78, 5) is 56.9. The van der Waals surface area contributed by atoms with E-state index in [1.807, 2.05) is 24.3 Å². The van der Waals surface area contributed by atoms with E-state index < -0.39 is 32.7 Å². The van der Waals surface area contributed by atoms with Gasteiger partial charge in [0.25, 0.3) is 11.1 Å². The molecule has 32 heavy (non-hydrogen) atoms. The molecule has 0 aliphatic rings. The van der Waals surface area contributed by atoms with Crippen LogP contribution in [0.4, 0.5) is 0 Å². The first-order valence-corrected chi connectivity index (χ1v) is 9.71. The average Bonchev–Trinajstić information content (AvgIpc) is 3.08. The highest BCUT2D eigenvalue weighted by molar-refractivity contribution is 5.94. The van der Waals surface area contributed by atoms with Crippen molar-refractivity contribution in [1.29, 1.82) is 5.26 Å². The van der Waals surface area contributed by atoms with Gasteiger partial charge in [0.15, 0.2) is 0 Å². The number of hydrogen-bond acceptors (Lipinski definition) is 5. The van der Waals surface area contributed by atoms with Gasteiger partial charge in [-0.15, -0.1) is 0 Å². The van der Waals surface area contributed by atoms with Gasteiger partial charge in [0.05, 0.1) is 18.2 Å². The van der Waals surface area contributed by atoms with Crippen LogP contribution in [0.25, 0.3) is 32.9 Å². The second kappa shape index (κ2) is 7.18. The summed E-state index contributed by atoms with van der Waals surface area (Å²) in [6.45, 7) is -0.0842. The number of fused-ring (bicyclic) bond motifs is 2. The summed E-state index contributed by atoms with van der Waals surface area (Å²) in [5.41, 5.74) is -0.100. The third-order valence-electron chi connectivity index (χ3n) is 5.48. The molecule has 0 aliphatic heterocycles. The normalized spacial score (nSPS) is 11.1. The fraction of sp³-hybridized carbons (Fsp3) is 0.0417. The molecule has 0 amide bonds. The van der Waals surface area contributed by atoms with Crippen molar-refractivity contribution < 1.29 is 0 Å². The monoisotopic (exact) mass is 422 g/mol. The molecule has 0 saturated carbocycles. The highest BCUT2D eigenvalue weighted by Gasteiger charge is 2.22. The van der Waals surface area contributed by atoms with Gasteiger partial charge in [0.1, 0.15) is 21.8 Å². The van der Waals surface area contributed by atoms with Gasteiger partial charge in [-0.1, -0.05) is 30.3 Å². The van der Waals surface area contributed by atoms with Gasteiger partial charge < -0.3 is 9.97 Å². The van der Waals surface area contributed by atoms with E-state index in [4.69, 9.17) is 5.26 Å². The van der Waals surface area contributed by atoms with E-state index in [9.17, 15) is 19.2 Å². The SMILES string of the molecule is N#Cc1ccc(-c2cccc(Cn3c(=O)c4c(=O)c5[nH]cc[nH]c5c(=O)c4c3=O)c2)cc1. The van der Waals surface area contributed by atoms with Crippen molar-refractivity contribution in [2.24, 2.45) is 0 Å². The molecule has 154 valence electrons. The molecule has 2 N–H and O–H groups in total. The number of benzene rings is 3. The van der Waals surface area contributed by atoms with Crippen molar-refractivity contribution >= 4 is 21.8 Å². The van der Waals surface area contributed by atoms with Crippen LogP contribution in [0.3, 0.4) is 0 Å². The molecule has 0 unspecified atom stereocenters. The lowest BCUT2D eigenvalue weighted by atomic mass is 10.0. The fourth-order valence-corrected chi connectivity index (χ4v) is 3.91. The Morgan fingerprint density at radius 2 is 1.38 bits per heavy atom. The second-order valence-electron chi connectivity index (χ2n) is 7.37. The van der Waals surface area contributed by atoms with E-state index in [1.165, 1.54) is 12.4 Å². The first-order chi connectivity index (χ1) is 15.5. The number of aromatic nitrogens is 3. The number of hydrogen-bond donors (Lipinski definition) is 2. The van der Waals surface area contributed by atoms with Gasteiger partial charge in [-0.3, -0.25) is 23.7 Å². The molecule has 2 heterocycles. The predicted octanol–water partition coefficient (Wildman–Crippen LogP) is 1.92. The van der Waals surface area contributed by atoms with Crippen LogP contribution in [0.15, 0.2) is 80.1 Å². The van der Waals surface area contributed by atoms with E-state index in [2.05, 4.69) is 16.0 Å². The van der Waals surface area contributed by atoms with Crippen LogP contribution < -0.4 is 22.0 Å². The molecule has 0 aliphatic carbocycles. The Hall–Kier alpha value is -4.77. The Bertz CT molecular complexity index is 1710. The lowest BCUT2D eigenvalue weighted by Gasteiger charge is -2.06. The van der Waals surface area contributed by atoms with Crippen LogP contribution >= 0.6 is 0 Å². The van der Waals surface area contributed by atoms with Crippen molar-refractivity contribution in [3.05, 3.63) is 113 Å². The minimum absolute atomic E-state index is 0.0398. The number of nitrogens with one attached hydrogen (secondary N) is 2. The first-order valence-electron chi connectivity index (χ1n) is 9.71. The minimum Gasteiger partial charge on any atom is -0.355 e. The molecule has 0 radical (unpaired) electrons. The first kappa shape index (κ1) is 19.2. The zero-order valence-electron chi connectivity index (χ0n) is 16.5. The van der Waals surface area contributed by atoms with E-state index in [0.717, 1.165) is 15.7 Å². The number of aromatic amines is 2. The topological polar surface area (TPSA) is 129 Å². The quantitative estimate of drug-likeness (QED) is 0.459. The largest absolute Gasteiger partial charge is 0.355 e. The van der Waals surface area contributed by atoms with Crippen LogP contribution in [-0.2, 0) is 6.54 Å². The summed E-state index contributed by atoms with van der Waals surface area (Å²) in [5, 5.41) is 8.17. The molecule has 5 rings (SSSR count). The summed E-state index contributed by atoms with van der Waals surface area (Å²) in [6, 6.07) is 16.3. The zero-order valence-corrected chi connectivity index (χ0v) is 16.5. The molecular formula is C24H14N4O4. The number of rotatable bonds is 3. The van der Waals surface area contributed by atoms with E-state index >= 15 is 0 Å². The van der Waals surface area contributed by atoms with E-state index in [0.29, 0.717) is 11.1 Å². The Balaban J connectivity index is 1.66. The summed E-state index contributed by atoms with van der Waals surface area (Å²) in [6.07, 6.45) is 2.87. The van der Waals surface area contributed by atoms with Gasteiger partial charge >= 0.3 is 0 Å². The van der Waals surface area contributed by atoms with Crippen molar-refractivity contribution in [2.75, 3.05) is 0 Å². The molecule has 8 nitrogen and oxygen atoms in total. The fourth-order valence-electron chi connectivity index (χ4n) is 3.91. The Morgan fingerprint density at radius 1 is 0.781 bits per heavy atom. The van der Waals surface area contributed by atoms with Gasteiger partial charge in [0.2, 0.25) is 10.9 Å². The molecule has 0 fully saturated rings. The van der Waals surface area contributed by atoms with Crippen molar-refractivity contribution in [1.82, 2.24) is 14.5 Å². The van der Waals surface area contributed by atoms with Crippen LogP contribution in [0.2, 0.25) is 0 Å². The highest BCUT2D eigenvalue weighted by atomic mass is 16.2. The van der Waals surface area contributed by atoms with Crippen molar-refractivity contribution in [3.63, 3.8) is 0 Å². The van der Waals surface area contributed by atoms with Crippen LogP contribution in [0.1, 0.15) is 11.1 Å². The smallest absolute Gasteiger partial charge is 0.266 e. The highest BCUT2D eigenvalue weighted by Crippen LogP contribution is 2.21. The summed E-state index contributed by atoms with van der Waals surface area (Å²) < 4.78 is 0.921. The van der Waals surface area contributed by atoms with Gasteiger partial charge in [-0.25, -0.2) is 0 Å². The van der Waals surface area contributed by atoms with Gasteiger partial charge in [0, 0.05) is 12.4 Å². The maximum Gasteiger partial charge on any atom is 0.266 e. The van der Waals surface area contributed by atoms with Crippen LogP contribution in [0.5, 0.6) is 0 Å². The third kappa shape index (κ3) is 2.84. The molecule has 0 spiro atoms. The number of H-pyrrole nitrogens is 2. The summed E-state index contributed by atoms with van der Waals surface area (Å²) in [7, 11) is 0. The maximum atomic E-state index is 13.0. The molecular weight excluding hydrogens is 408 g/mol. The van der Waals surface area contributed by atoms with Crippen molar-refractivity contribution in [2.45, 2.75) is 6.54 Å². The number of nitrogens with zero attached hydrogens (tertiary/aromatic N) is 2. The molecule has 8 heteroatoms. The van der Waals surface area contributed by atoms with Gasteiger partial charge in [-0.05, 0) is 34.9 Å². The van der Waals surface area contributed by atoms with E-state index in [-0.39, 0.29) is 17.6 Å².